The van der Waals surface area contributed by atoms with Crippen LogP contribution in [0.3, 0.4) is 0 Å². The zero-order chi connectivity index (χ0) is 11.5. The largest absolute Gasteiger partial charge is 0.490 e. The predicted octanol–water partition coefficient (Wildman–Crippen LogP) is 1.30. The number of nitrogens with two attached hydrogens (primary N) is 1. The Hall–Kier alpha value is -1.27. The predicted molar refractivity (Wildman–Crippen MR) is 56.5 cm³/mol. The van der Waals surface area contributed by atoms with Gasteiger partial charge in [-0.25, -0.2) is 0 Å². The fraction of sp³-hybridized carbons (Fsp3) is 0.333. The first-order valence-electron chi connectivity index (χ1n) is 4.45. The van der Waals surface area contributed by atoms with Gasteiger partial charge in [-0.3, -0.25) is 4.55 Å². The molecule has 0 radical (unpaired) electrons. The summed E-state index contributed by atoms with van der Waals surface area (Å²) in [4.78, 5) is -0.295. The molecule has 0 fully saturated rings. The average Bonchev–Trinajstić information content (AvgIpc) is 2.14. The van der Waals surface area contributed by atoms with Crippen molar-refractivity contribution in [2.24, 2.45) is 0 Å². The molecule has 0 saturated heterocycles. The fourth-order valence-electron chi connectivity index (χ4n) is 1.09. The van der Waals surface area contributed by atoms with E-state index >= 15 is 0 Å². The molecule has 0 aliphatic carbocycles. The lowest BCUT2D eigenvalue weighted by Crippen LogP contribution is -2.06. The molecule has 0 aliphatic rings. The fourth-order valence-corrected chi connectivity index (χ4v) is 1.76. The third-order valence-electron chi connectivity index (χ3n) is 1.74. The topological polar surface area (TPSA) is 89.6 Å². The van der Waals surface area contributed by atoms with Crippen molar-refractivity contribution < 1.29 is 17.7 Å². The van der Waals surface area contributed by atoms with Crippen molar-refractivity contribution in [3.63, 3.8) is 0 Å². The number of hydrogen-bond donors (Lipinski definition) is 2. The highest BCUT2D eigenvalue weighted by molar-refractivity contribution is 7.86. The number of nitrogen functional groups attached to an aromatic ring is 1. The zero-order valence-electron chi connectivity index (χ0n) is 8.30. The molecule has 15 heavy (non-hydrogen) atoms. The number of rotatable bonds is 4. The molecule has 1 aromatic rings. The van der Waals surface area contributed by atoms with E-state index in [-0.39, 0.29) is 16.3 Å². The minimum absolute atomic E-state index is 0.0156. The summed E-state index contributed by atoms with van der Waals surface area (Å²) in [6.45, 7) is 2.23. The van der Waals surface area contributed by atoms with Crippen LogP contribution < -0.4 is 10.5 Å². The molecule has 0 amide bonds. The molecule has 1 aromatic carbocycles. The minimum atomic E-state index is -4.29. The van der Waals surface area contributed by atoms with Crippen molar-refractivity contribution in [1.82, 2.24) is 0 Å². The Balaban J connectivity index is 3.21. The van der Waals surface area contributed by atoms with E-state index in [0.717, 1.165) is 6.42 Å². The normalized spacial score (nSPS) is 11.3. The van der Waals surface area contributed by atoms with Crippen LogP contribution in [0.1, 0.15) is 13.3 Å². The van der Waals surface area contributed by atoms with Gasteiger partial charge in [0, 0.05) is 0 Å². The summed E-state index contributed by atoms with van der Waals surface area (Å²) in [5, 5.41) is 0. The summed E-state index contributed by atoms with van der Waals surface area (Å²) in [6, 6.07) is 4.20. The van der Waals surface area contributed by atoms with Crippen LogP contribution in [-0.2, 0) is 10.1 Å². The van der Waals surface area contributed by atoms with Crippen molar-refractivity contribution in [2.75, 3.05) is 12.3 Å². The molecule has 1 rings (SSSR count). The van der Waals surface area contributed by atoms with Gasteiger partial charge >= 0.3 is 0 Å². The molecule has 0 heterocycles. The first-order chi connectivity index (χ1) is 6.96. The van der Waals surface area contributed by atoms with Gasteiger partial charge in [-0.15, -0.1) is 0 Å². The van der Waals surface area contributed by atoms with E-state index in [4.69, 9.17) is 15.0 Å². The molecule has 84 valence electrons. The van der Waals surface area contributed by atoms with E-state index in [1.807, 2.05) is 6.92 Å². The molecular formula is C9H13NO4S. The van der Waals surface area contributed by atoms with Gasteiger partial charge in [0.05, 0.1) is 12.3 Å². The zero-order valence-corrected chi connectivity index (χ0v) is 9.12. The molecule has 0 atom stereocenters. The first-order valence-corrected chi connectivity index (χ1v) is 5.89. The van der Waals surface area contributed by atoms with Crippen molar-refractivity contribution >= 4 is 15.8 Å². The van der Waals surface area contributed by atoms with Gasteiger partial charge in [-0.2, -0.15) is 8.42 Å². The molecule has 0 aliphatic heterocycles. The van der Waals surface area contributed by atoms with Crippen LogP contribution in [0.15, 0.2) is 23.1 Å². The molecule has 0 saturated carbocycles. The Bertz CT molecular complexity index is 441. The molecule has 0 unspecified atom stereocenters. The highest BCUT2D eigenvalue weighted by atomic mass is 32.2. The highest BCUT2D eigenvalue weighted by Gasteiger charge is 2.18. The second-order valence-corrected chi connectivity index (χ2v) is 4.39. The molecule has 0 bridgehead atoms. The van der Waals surface area contributed by atoms with E-state index in [1.54, 1.807) is 0 Å². The molecule has 0 aromatic heterocycles. The number of benzene rings is 1. The third-order valence-corrected chi connectivity index (χ3v) is 2.62. The summed E-state index contributed by atoms with van der Waals surface area (Å²) >= 11 is 0. The Morgan fingerprint density at radius 1 is 1.47 bits per heavy atom. The van der Waals surface area contributed by atoms with Crippen LogP contribution in [0, 0.1) is 0 Å². The molecule has 6 heteroatoms. The lowest BCUT2D eigenvalue weighted by molar-refractivity contribution is 0.309. The van der Waals surface area contributed by atoms with Crippen LogP contribution in [0.5, 0.6) is 5.75 Å². The maximum Gasteiger partial charge on any atom is 0.298 e. The maximum atomic E-state index is 11.0. The van der Waals surface area contributed by atoms with Gasteiger partial charge in [0.25, 0.3) is 10.1 Å². The second kappa shape index (κ2) is 4.50. The Morgan fingerprint density at radius 3 is 2.67 bits per heavy atom. The summed E-state index contributed by atoms with van der Waals surface area (Å²) in [5.74, 6) is 0.0156. The van der Waals surface area contributed by atoms with E-state index in [1.165, 1.54) is 18.2 Å². The highest BCUT2D eigenvalue weighted by Crippen LogP contribution is 2.29. The molecular weight excluding hydrogens is 218 g/mol. The minimum Gasteiger partial charge on any atom is -0.490 e. The van der Waals surface area contributed by atoms with Gasteiger partial charge < -0.3 is 10.5 Å². The number of para-hydroxylation sites is 1. The Morgan fingerprint density at radius 2 is 2.13 bits per heavy atom. The number of anilines is 1. The van der Waals surface area contributed by atoms with E-state index in [0.29, 0.717) is 6.61 Å². The first kappa shape index (κ1) is 11.8. The van der Waals surface area contributed by atoms with Crippen molar-refractivity contribution in [1.29, 1.82) is 0 Å². The van der Waals surface area contributed by atoms with Gasteiger partial charge in [0.15, 0.2) is 5.75 Å². The van der Waals surface area contributed by atoms with Crippen LogP contribution in [0.25, 0.3) is 0 Å². The van der Waals surface area contributed by atoms with E-state index < -0.39 is 10.1 Å². The number of ether oxygens (including phenoxy) is 1. The molecule has 0 spiro atoms. The molecule has 5 nitrogen and oxygen atoms in total. The maximum absolute atomic E-state index is 11.0. The summed E-state index contributed by atoms with van der Waals surface area (Å²) in [5.41, 5.74) is 5.75. The van der Waals surface area contributed by atoms with Gasteiger partial charge in [-0.05, 0) is 18.6 Å². The lowest BCUT2D eigenvalue weighted by Gasteiger charge is -2.10. The van der Waals surface area contributed by atoms with Crippen molar-refractivity contribution in [2.45, 2.75) is 18.2 Å². The van der Waals surface area contributed by atoms with Gasteiger partial charge in [-0.1, -0.05) is 13.0 Å². The van der Waals surface area contributed by atoms with Gasteiger partial charge in [0.2, 0.25) is 0 Å². The Kier molecular flexibility index (Phi) is 3.54. The van der Waals surface area contributed by atoms with Crippen LogP contribution >= 0.6 is 0 Å². The lowest BCUT2D eigenvalue weighted by atomic mass is 10.3. The Labute approximate surface area is 88.6 Å². The van der Waals surface area contributed by atoms with Crippen LogP contribution in [0.4, 0.5) is 5.69 Å². The molecule has 3 N–H and O–H groups in total. The summed E-state index contributed by atoms with van der Waals surface area (Å²) in [6.07, 6.45) is 0.721. The summed E-state index contributed by atoms with van der Waals surface area (Å²) in [7, 11) is -4.29. The van der Waals surface area contributed by atoms with E-state index in [2.05, 4.69) is 0 Å². The SMILES string of the molecule is CCCOc1c(N)cccc1S(=O)(=O)O. The monoisotopic (exact) mass is 231 g/mol. The summed E-state index contributed by atoms with van der Waals surface area (Å²) < 4.78 is 36.1. The smallest absolute Gasteiger partial charge is 0.298 e. The van der Waals surface area contributed by atoms with Crippen LogP contribution in [-0.4, -0.2) is 19.6 Å². The van der Waals surface area contributed by atoms with Crippen LogP contribution in [0.2, 0.25) is 0 Å². The second-order valence-electron chi connectivity index (χ2n) is 3.00. The number of hydrogen-bond acceptors (Lipinski definition) is 4. The third kappa shape index (κ3) is 2.84. The average molecular weight is 231 g/mol. The van der Waals surface area contributed by atoms with Gasteiger partial charge in [0.1, 0.15) is 4.90 Å². The standard InChI is InChI=1S/C9H13NO4S/c1-2-6-14-9-7(10)4-3-5-8(9)15(11,12)13/h3-5H,2,6,10H2,1H3,(H,11,12,13). The van der Waals surface area contributed by atoms with Crippen molar-refractivity contribution in [3.05, 3.63) is 18.2 Å². The quantitative estimate of drug-likeness (QED) is 0.602. The van der Waals surface area contributed by atoms with Crippen molar-refractivity contribution in [3.8, 4) is 5.75 Å². The van der Waals surface area contributed by atoms with E-state index in [9.17, 15) is 8.42 Å².